The van der Waals surface area contributed by atoms with Crippen molar-refractivity contribution in [3.05, 3.63) is 71.8 Å². The van der Waals surface area contributed by atoms with Gasteiger partial charge in [0.15, 0.2) is 0 Å². The van der Waals surface area contributed by atoms with Gasteiger partial charge in [0.05, 0.1) is 12.2 Å². The lowest BCUT2D eigenvalue weighted by Gasteiger charge is -2.32. The average Bonchev–Trinajstić information content (AvgIpc) is 3.01. The lowest BCUT2D eigenvalue weighted by Crippen LogP contribution is -2.41. The van der Waals surface area contributed by atoms with E-state index in [1.54, 1.807) is 0 Å². The van der Waals surface area contributed by atoms with Crippen LogP contribution in [-0.2, 0) is 11.2 Å². The summed E-state index contributed by atoms with van der Waals surface area (Å²) in [7, 11) is 0. The van der Waals surface area contributed by atoms with Gasteiger partial charge in [-0.2, -0.15) is 0 Å². The topological polar surface area (TPSA) is 21.3 Å². The quantitative estimate of drug-likeness (QED) is 0.764. The highest BCUT2D eigenvalue weighted by molar-refractivity contribution is 5.18. The molecule has 1 N–H and O–H groups in total. The zero-order valence-corrected chi connectivity index (χ0v) is 14.9. The van der Waals surface area contributed by atoms with Gasteiger partial charge in [0.25, 0.3) is 0 Å². The van der Waals surface area contributed by atoms with E-state index in [1.165, 1.54) is 43.2 Å². The van der Waals surface area contributed by atoms with Gasteiger partial charge < -0.3 is 10.1 Å². The molecule has 0 radical (unpaired) electrons. The molecule has 4 rings (SSSR count). The Bertz CT molecular complexity index is 630. The molecule has 4 atom stereocenters. The fraction of sp³-hybridized carbons (Fsp3) is 0.478. The van der Waals surface area contributed by atoms with Crippen LogP contribution in [-0.4, -0.2) is 18.2 Å². The summed E-state index contributed by atoms with van der Waals surface area (Å²) in [6.07, 6.45) is 9.05. The molecule has 2 aromatic carbocycles. The van der Waals surface area contributed by atoms with E-state index >= 15 is 0 Å². The largest absolute Gasteiger partial charge is 0.370 e. The Hall–Kier alpha value is -1.64. The average molecular weight is 335 g/mol. The van der Waals surface area contributed by atoms with Crippen LogP contribution in [0.2, 0.25) is 0 Å². The second kappa shape index (κ2) is 8.16. The summed E-state index contributed by atoms with van der Waals surface area (Å²) in [5.74, 6) is 0. The van der Waals surface area contributed by atoms with Crippen LogP contribution in [0.4, 0.5) is 0 Å². The van der Waals surface area contributed by atoms with Crippen molar-refractivity contribution in [2.24, 2.45) is 0 Å². The van der Waals surface area contributed by atoms with Gasteiger partial charge in [-0.1, -0.05) is 60.7 Å². The highest BCUT2D eigenvalue weighted by atomic mass is 16.5. The summed E-state index contributed by atoms with van der Waals surface area (Å²) in [6.45, 7) is 0. The zero-order chi connectivity index (χ0) is 16.9. The summed E-state index contributed by atoms with van der Waals surface area (Å²) < 4.78 is 6.66. The van der Waals surface area contributed by atoms with E-state index in [9.17, 15) is 0 Å². The maximum atomic E-state index is 6.66. The number of aryl methyl sites for hydroxylation is 1. The Labute approximate surface area is 151 Å². The summed E-state index contributed by atoms with van der Waals surface area (Å²) in [5, 5.41) is 3.72. The highest BCUT2D eigenvalue weighted by Crippen LogP contribution is 2.33. The first-order valence-electron chi connectivity index (χ1n) is 9.87. The third-order valence-corrected chi connectivity index (χ3v) is 5.73. The summed E-state index contributed by atoms with van der Waals surface area (Å²) >= 11 is 0. The molecule has 2 saturated heterocycles. The van der Waals surface area contributed by atoms with E-state index < -0.39 is 0 Å². The van der Waals surface area contributed by atoms with Crippen LogP contribution >= 0.6 is 0 Å². The Kier molecular flexibility index (Phi) is 5.49. The maximum absolute atomic E-state index is 6.66. The highest BCUT2D eigenvalue weighted by Gasteiger charge is 2.35. The molecule has 2 bridgehead atoms. The number of hydrogen-bond donors (Lipinski definition) is 1. The van der Waals surface area contributed by atoms with Crippen LogP contribution < -0.4 is 5.32 Å². The number of benzene rings is 2. The Morgan fingerprint density at radius 3 is 2.20 bits per heavy atom. The van der Waals surface area contributed by atoms with Gasteiger partial charge in [-0.05, 0) is 56.1 Å². The molecule has 2 aliphatic rings. The van der Waals surface area contributed by atoms with Gasteiger partial charge in [0, 0.05) is 12.1 Å². The smallest absolute Gasteiger partial charge is 0.0828 e. The molecular formula is C23H29NO. The minimum Gasteiger partial charge on any atom is -0.370 e. The number of piperidine rings is 1. The number of fused-ring (bicyclic) bond motifs is 2. The number of nitrogens with one attached hydrogen (secondary N) is 1. The standard InChI is InChI=1S/C23H29NO/c1-3-8-18(9-4-1)10-7-13-23(19-11-5-2-6-12-19)25-22-16-20-14-15-21(17-22)24-20/h1-6,8-9,11-12,20-24H,7,10,13-17H2/t20-,21+,22?,23?. The van der Waals surface area contributed by atoms with Crippen molar-refractivity contribution < 1.29 is 4.74 Å². The van der Waals surface area contributed by atoms with E-state index in [-0.39, 0.29) is 6.10 Å². The molecule has 2 aliphatic heterocycles. The van der Waals surface area contributed by atoms with E-state index in [0.29, 0.717) is 18.2 Å². The monoisotopic (exact) mass is 335 g/mol. The summed E-state index contributed by atoms with van der Waals surface area (Å²) in [6, 6.07) is 23.0. The fourth-order valence-corrected chi connectivity index (χ4v) is 4.47. The normalized spacial score (nSPS) is 26.5. The van der Waals surface area contributed by atoms with Crippen molar-refractivity contribution in [3.63, 3.8) is 0 Å². The first-order valence-corrected chi connectivity index (χ1v) is 9.87. The predicted molar refractivity (Wildman–Crippen MR) is 103 cm³/mol. The molecule has 2 heteroatoms. The van der Waals surface area contributed by atoms with E-state index in [4.69, 9.17) is 4.74 Å². The molecule has 0 aromatic heterocycles. The Balaban J connectivity index is 1.38. The summed E-state index contributed by atoms with van der Waals surface area (Å²) in [5.41, 5.74) is 2.76. The van der Waals surface area contributed by atoms with E-state index in [1.807, 2.05) is 0 Å². The Morgan fingerprint density at radius 2 is 1.52 bits per heavy atom. The minimum absolute atomic E-state index is 0.229. The first-order chi connectivity index (χ1) is 12.4. The number of rotatable bonds is 7. The van der Waals surface area contributed by atoms with Crippen molar-refractivity contribution in [1.29, 1.82) is 0 Å². The minimum atomic E-state index is 0.229. The van der Waals surface area contributed by atoms with Gasteiger partial charge in [-0.25, -0.2) is 0 Å². The van der Waals surface area contributed by atoms with E-state index in [2.05, 4.69) is 66.0 Å². The third-order valence-electron chi connectivity index (χ3n) is 5.73. The van der Waals surface area contributed by atoms with Crippen molar-refractivity contribution in [1.82, 2.24) is 5.32 Å². The fourth-order valence-electron chi connectivity index (χ4n) is 4.47. The van der Waals surface area contributed by atoms with Crippen LogP contribution in [0.25, 0.3) is 0 Å². The van der Waals surface area contributed by atoms with Gasteiger partial charge >= 0.3 is 0 Å². The molecule has 2 fully saturated rings. The second-order valence-corrected chi connectivity index (χ2v) is 7.64. The van der Waals surface area contributed by atoms with E-state index in [0.717, 1.165) is 12.8 Å². The number of ether oxygens (including phenoxy) is 1. The van der Waals surface area contributed by atoms with Gasteiger partial charge in [0.1, 0.15) is 0 Å². The van der Waals surface area contributed by atoms with Crippen molar-refractivity contribution in [2.75, 3.05) is 0 Å². The molecule has 0 saturated carbocycles. The van der Waals surface area contributed by atoms with Crippen LogP contribution in [0.3, 0.4) is 0 Å². The van der Waals surface area contributed by atoms with Gasteiger partial charge in [0.2, 0.25) is 0 Å². The van der Waals surface area contributed by atoms with Gasteiger partial charge in [-0.3, -0.25) is 0 Å². The van der Waals surface area contributed by atoms with Crippen molar-refractivity contribution in [3.8, 4) is 0 Å². The molecule has 0 spiro atoms. The molecule has 0 aliphatic carbocycles. The molecule has 132 valence electrons. The molecule has 2 aromatic rings. The Morgan fingerprint density at radius 1 is 0.880 bits per heavy atom. The molecule has 2 nitrogen and oxygen atoms in total. The van der Waals surface area contributed by atoms with Crippen LogP contribution in [0.1, 0.15) is 55.8 Å². The lowest BCUT2D eigenvalue weighted by molar-refractivity contribution is -0.0412. The first kappa shape index (κ1) is 16.8. The summed E-state index contributed by atoms with van der Waals surface area (Å²) in [4.78, 5) is 0. The van der Waals surface area contributed by atoms with Crippen LogP contribution in [0, 0.1) is 0 Å². The third kappa shape index (κ3) is 4.50. The SMILES string of the molecule is c1ccc(CCCC(OC2C[C@H]3CC[C@@H](C2)N3)c2ccccc2)cc1. The molecular weight excluding hydrogens is 306 g/mol. The zero-order valence-electron chi connectivity index (χ0n) is 14.9. The predicted octanol–water partition coefficient (Wildman–Crippen LogP) is 5.05. The molecule has 2 heterocycles. The van der Waals surface area contributed by atoms with Crippen LogP contribution in [0.15, 0.2) is 60.7 Å². The van der Waals surface area contributed by atoms with Crippen molar-refractivity contribution in [2.45, 2.75) is 69.2 Å². The second-order valence-electron chi connectivity index (χ2n) is 7.64. The maximum Gasteiger partial charge on any atom is 0.0828 e. The lowest BCUT2D eigenvalue weighted by atomic mass is 9.98. The molecule has 25 heavy (non-hydrogen) atoms. The van der Waals surface area contributed by atoms with Gasteiger partial charge in [-0.15, -0.1) is 0 Å². The number of hydrogen-bond acceptors (Lipinski definition) is 2. The molecule has 0 amide bonds. The van der Waals surface area contributed by atoms with Crippen LogP contribution in [0.5, 0.6) is 0 Å². The molecule has 2 unspecified atom stereocenters. The van der Waals surface area contributed by atoms with Crippen molar-refractivity contribution >= 4 is 0 Å².